The van der Waals surface area contributed by atoms with Crippen LogP contribution in [0.3, 0.4) is 0 Å². The second-order valence-electron chi connectivity index (χ2n) is 4.74. The van der Waals surface area contributed by atoms with Gasteiger partial charge in [0.15, 0.2) is 0 Å². The molecule has 0 aliphatic carbocycles. The SMILES string of the molecule is O=S(=O)(NC[C@@]1(O)CCOC1)c1cccc2c1N=S=N2. The van der Waals surface area contributed by atoms with Gasteiger partial charge in [0, 0.05) is 19.6 Å². The second kappa shape index (κ2) is 5.01. The zero-order chi connectivity index (χ0) is 14.2. The average molecular weight is 315 g/mol. The first kappa shape index (κ1) is 13.8. The number of benzene rings is 1. The van der Waals surface area contributed by atoms with Crippen molar-refractivity contribution in [1.82, 2.24) is 4.72 Å². The van der Waals surface area contributed by atoms with Crippen LogP contribution in [0.15, 0.2) is 31.8 Å². The molecule has 0 bridgehead atoms. The first-order chi connectivity index (χ1) is 9.50. The molecule has 2 aliphatic rings. The molecule has 7 nitrogen and oxygen atoms in total. The number of hydrogen-bond acceptors (Lipinski definition) is 6. The molecule has 3 rings (SSSR count). The van der Waals surface area contributed by atoms with Gasteiger partial charge in [0.1, 0.15) is 21.9 Å². The van der Waals surface area contributed by atoms with Crippen molar-refractivity contribution in [3.05, 3.63) is 18.2 Å². The number of nitrogens with zero attached hydrogens (tertiary/aromatic N) is 2. The fourth-order valence-electron chi connectivity index (χ4n) is 2.04. The van der Waals surface area contributed by atoms with Crippen LogP contribution >= 0.6 is 0 Å². The van der Waals surface area contributed by atoms with Crippen LogP contribution in [0.5, 0.6) is 0 Å². The summed E-state index contributed by atoms with van der Waals surface area (Å²) < 4.78 is 40.2. The molecule has 20 heavy (non-hydrogen) atoms. The number of ether oxygens (including phenoxy) is 1. The van der Waals surface area contributed by atoms with Crippen LogP contribution in [-0.4, -0.2) is 38.9 Å². The summed E-state index contributed by atoms with van der Waals surface area (Å²) in [5.41, 5.74) is -0.248. The Labute approximate surface area is 119 Å². The van der Waals surface area contributed by atoms with Gasteiger partial charge in [-0.1, -0.05) is 6.07 Å². The van der Waals surface area contributed by atoms with Gasteiger partial charge in [-0.3, -0.25) is 0 Å². The van der Waals surface area contributed by atoms with Crippen LogP contribution < -0.4 is 4.72 Å². The first-order valence-corrected chi connectivity index (χ1v) is 8.23. The van der Waals surface area contributed by atoms with Gasteiger partial charge in [-0.15, -0.1) is 0 Å². The maximum atomic E-state index is 12.3. The quantitative estimate of drug-likeness (QED) is 0.873. The van der Waals surface area contributed by atoms with Crippen molar-refractivity contribution in [2.24, 2.45) is 8.73 Å². The van der Waals surface area contributed by atoms with Crippen LogP contribution in [0.1, 0.15) is 6.42 Å². The predicted molar refractivity (Wildman–Crippen MR) is 73.6 cm³/mol. The van der Waals surface area contributed by atoms with Crippen molar-refractivity contribution < 1.29 is 18.3 Å². The maximum Gasteiger partial charge on any atom is 0.242 e. The molecule has 1 atom stereocenters. The molecular formula is C11H13N3O4S2. The van der Waals surface area contributed by atoms with Crippen molar-refractivity contribution in [3.8, 4) is 0 Å². The lowest BCUT2D eigenvalue weighted by Gasteiger charge is -2.20. The number of fused-ring (bicyclic) bond motifs is 1. The molecular weight excluding hydrogens is 302 g/mol. The van der Waals surface area contributed by atoms with Gasteiger partial charge in [0.05, 0.1) is 18.0 Å². The highest BCUT2D eigenvalue weighted by molar-refractivity contribution is 7.89. The van der Waals surface area contributed by atoms with E-state index in [4.69, 9.17) is 4.74 Å². The highest BCUT2D eigenvalue weighted by atomic mass is 32.2. The molecule has 0 spiro atoms. The summed E-state index contributed by atoms with van der Waals surface area (Å²) in [6.45, 7) is 0.491. The molecule has 1 fully saturated rings. The van der Waals surface area contributed by atoms with Crippen LogP contribution in [0, 0.1) is 0 Å². The van der Waals surface area contributed by atoms with Crippen molar-refractivity contribution in [2.45, 2.75) is 16.9 Å². The zero-order valence-corrected chi connectivity index (χ0v) is 12.1. The summed E-state index contributed by atoms with van der Waals surface area (Å²) in [6, 6.07) is 4.79. The average Bonchev–Trinajstić information content (AvgIpc) is 3.05. The van der Waals surface area contributed by atoms with E-state index in [1.807, 2.05) is 0 Å². The van der Waals surface area contributed by atoms with Crippen molar-refractivity contribution >= 4 is 32.8 Å². The number of nitrogens with one attached hydrogen (secondary N) is 1. The number of rotatable bonds is 4. The summed E-state index contributed by atoms with van der Waals surface area (Å²) in [5.74, 6) is 0. The molecule has 2 N–H and O–H groups in total. The molecule has 108 valence electrons. The molecule has 9 heteroatoms. The Morgan fingerprint density at radius 2 is 2.30 bits per heavy atom. The maximum absolute atomic E-state index is 12.3. The van der Waals surface area contributed by atoms with Gasteiger partial charge in [-0.2, -0.15) is 8.73 Å². The Morgan fingerprint density at radius 1 is 1.45 bits per heavy atom. The van der Waals surface area contributed by atoms with E-state index in [1.54, 1.807) is 12.1 Å². The third-order valence-corrected chi connectivity index (χ3v) is 5.19. The number of sulfonamides is 1. The lowest BCUT2D eigenvalue weighted by atomic mass is 10.1. The standard InChI is InChI=1S/C11H13N3O4S2/c15-11(4-5-18-7-11)6-12-20(16,17)9-3-1-2-8-10(9)14-19-13-8/h1-3,12,15H,4-7H2/t11-/m0/s1. The highest BCUT2D eigenvalue weighted by Crippen LogP contribution is 2.37. The van der Waals surface area contributed by atoms with Crippen LogP contribution in [0.4, 0.5) is 11.4 Å². The molecule has 1 saturated heterocycles. The monoisotopic (exact) mass is 315 g/mol. The molecule has 0 amide bonds. The molecule has 0 aromatic heterocycles. The van der Waals surface area contributed by atoms with Gasteiger partial charge >= 0.3 is 0 Å². The summed E-state index contributed by atoms with van der Waals surface area (Å²) in [4.78, 5) is 0.0752. The summed E-state index contributed by atoms with van der Waals surface area (Å²) in [6.07, 6.45) is 0.415. The minimum atomic E-state index is -3.74. The predicted octanol–water partition coefficient (Wildman–Crippen LogP) is 0.843. The summed E-state index contributed by atoms with van der Waals surface area (Å²) in [5, 5.41) is 10.1. The Morgan fingerprint density at radius 3 is 3.05 bits per heavy atom. The Bertz CT molecular complexity index is 704. The molecule has 1 aromatic rings. The van der Waals surface area contributed by atoms with Gasteiger partial charge in [-0.05, 0) is 12.1 Å². The van der Waals surface area contributed by atoms with Crippen LogP contribution in [-0.2, 0) is 26.1 Å². The Balaban J connectivity index is 1.83. The van der Waals surface area contributed by atoms with E-state index < -0.39 is 15.6 Å². The first-order valence-electron chi connectivity index (χ1n) is 6.01. The third kappa shape index (κ3) is 2.54. The second-order valence-corrected chi connectivity index (χ2v) is 7.00. The minimum absolute atomic E-state index is 0.0752. The smallest absolute Gasteiger partial charge is 0.242 e. The van der Waals surface area contributed by atoms with E-state index in [-0.39, 0.29) is 18.0 Å². The minimum Gasteiger partial charge on any atom is -0.386 e. The largest absolute Gasteiger partial charge is 0.386 e. The molecule has 1 aromatic carbocycles. The van der Waals surface area contributed by atoms with Gasteiger partial charge < -0.3 is 9.84 Å². The number of aliphatic hydroxyl groups is 1. The van der Waals surface area contributed by atoms with Gasteiger partial charge in [-0.25, -0.2) is 13.1 Å². The van der Waals surface area contributed by atoms with Crippen molar-refractivity contribution in [1.29, 1.82) is 0 Å². The summed E-state index contributed by atoms with van der Waals surface area (Å²) in [7, 11) is -3.74. The van der Waals surface area contributed by atoms with Gasteiger partial charge in [0.25, 0.3) is 0 Å². The van der Waals surface area contributed by atoms with E-state index >= 15 is 0 Å². The molecule has 0 radical (unpaired) electrons. The molecule has 0 saturated carbocycles. The third-order valence-electron chi connectivity index (χ3n) is 3.21. The summed E-state index contributed by atoms with van der Waals surface area (Å²) >= 11 is 0.964. The molecule has 0 unspecified atom stereocenters. The van der Waals surface area contributed by atoms with Crippen LogP contribution in [0.2, 0.25) is 0 Å². The normalized spacial score (nSPS) is 24.6. The van der Waals surface area contributed by atoms with Crippen molar-refractivity contribution in [2.75, 3.05) is 19.8 Å². The van der Waals surface area contributed by atoms with Gasteiger partial charge in [0.2, 0.25) is 10.0 Å². The zero-order valence-electron chi connectivity index (χ0n) is 10.4. The highest BCUT2D eigenvalue weighted by Gasteiger charge is 2.34. The van der Waals surface area contributed by atoms with E-state index in [2.05, 4.69) is 13.4 Å². The lowest BCUT2D eigenvalue weighted by molar-refractivity contribution is 0.0314. The molecule has 2 heterocycles. The lowest BCUT2D eigenvalue weighted by Crippen LogP contribution is -2.43. The Kier molecular flexibility index (Phi) is 3.46. The number of hydrogen-bond donors (Lipinski definition) is 2. The Hall–Kier alpha value is -1.13. The fourth-order valence-corrected chi connectivity index (χ4v) is 3.93. The van der Waals surface area contributed by atoms with E-state index in [9.17, 15) is 13.5 Å². The van der Waals surface area contributed by atoms with E-state index in [1.165, 1.54) is 6.07 Å². The molecule has 2 aliphatic heterocycles. The fraction of sp³-hybridized carbons (Fsp3) is 0.455. The van der Waals surface area contributed by atoms with Crippen LogP contribution in [0.25, 0.3) is 0 Å². The topological polar surface area (TPSA) is 100 Å². The van der Waals surface area contributed by atoms with E-state index in [0.29, 0.717) is 24.4 Å². The van der Waals surface area contributed by atoms with E-state index in [0.717, 1.165) is 11.4 Å². The van der Waals surface area contributed by atoms with Crippen molar-refractivity contribution in [3.63, 3.8) is 0 Å².